The van der Waals surface area contributed by atoms with Crippen LogP contribution in [0.15, 0.2) is 189 Å². The normalized spacial score (nSPS) is 15.6. The van der Waals surface area contributed by atoms with Gasteiger partial charge < -0.3 is 18.9 Å². The molecule has 0 saturated heterocycles. The van der Waals surface area contributed by atoms with Gasteiger partial charge in [-0.15, -0.1) is 0 Å². The lowest BCUT2D eigenvalue weighted by atomic mass is 9.32. The van der Waals surface area contributed by atoms with Crippen molar-refractivity contribution in [2.45, 2.75) is 58.1 Å². The zero-order valence-corrected chi connectivity index (χ0v) is 39.4. The molecule has 0 saturated carbocycles. The Bertz CT molecular complexity index is 3480. The van der Waals surface area contributed by atoms with Crippen molar-refractivity contribution in [1.82, 2.24) is 0 Å². The average molecular weight is 911 g/mol. The third-order valence-electron chi connectivity index (χ3n) is 15.3. The number of rotatable bonds is 4. The lowest BCUT2D eigenvalue weighted by Gasteiger charge is -2.39. The molecule has 6 aliphatic rings. The molecule has 9 aromatic carbocycles. The van der Waals surface area contributed by atoms with E-state index >= 15 is 0 Å². The largest absolute Gasteiger partial charge is 0.458 e. The molecule has 2 aliphatic carbocycles. The van der Waals surface area contributed by atoms with Gasteiger partial charge in [-0.05, 0) is 134 Å². The van der Waals surface area contributed by atoms with Gasteiger partial charge in [-0.25, -0.2) is 0 Å². The second kappa shape index (κ2) is 13.8. The van der Waals surface area contributed by atoms with Crippen molar-refractivity contribution in [1.29, 1.82) is 0 Å². The molecule has 4 aliphatic heterocycles. The number of ether oxygens (including phenoxy) is 4. The van der Waals surface area contributed by atoms with E-state index in [1.165, 1.54) is 96.9 Å². The summed E-state index contributed by atoms with van der Waals surface area (Å²) in [5.41, 5.74) is 16.9. The highest BCUT2D eigenvalue weighted by atomic mass is 32.2. The molecule has 68 heavy (non-hydrogen) atoms. The summed E-state index contributed by atoms with van der Waals surface area (Å²) in [6.07, 6.45) is 0. The average Bonchev–Trinajstić information content (AvgIpc) is 3.72. The van der Waals surface area contributed by atoms with Gasteiger partial charge in [0, 0.05) is 41.5 Å². The van der Waals surface area contributed by atoms with Gasteiger partial charge >= 0.3 is 0 Å². The van der Waals surface area contributed by atoms with Gasteiger partial charge in [0.25, 0.3) is 13.4 Å². The molecule has 8 heteroatoms. The third-order valence-corrected chi connectivity index (χ3v) is 17.6. The molecule has 4 heterocycles. The summed E-state index contributed by atoms with van der Waals surface area (Å²) >= 11 is 3.79. The molecule has 0 amide bonds. The van der Waals surface area contributed by atoms with E-state index in [4.69, 9.17) is 18.9 Å². The number of fused-ring (bicyclic) bond motifs is 16. The zero-order valence-electron chi connectivity index (χ0n) is 37.8. The van der Waals surface area contributed by atoms with E-state index in [1.54, 1.807) is 0 Å². The minimum absolute atomic E-state index is 0.00464. The van der Waals surface area contributed by atoms with Gasteiger partial charge in [0.2, 0.25) is 0 Å². The van der Waals surface area contributed by atoms with Crippen LogP contribution < -0.4 is 51.7 Å². The van der Waals surface area contributed by atoms with Crippen LogP contribution in [0.25, 0.3) is 22.3 Å². The molecule has 15 rings (SSSR count). The highest BCUT2D eigenvalue weighted by Crippen LogP contribution is 2.58. The number of hydrogen-bond acceptors (Lipinski definition) is 6. The summed E-state index contributed by atoms with van der Waals surface area (Å²) in [5.74, 6) is 7.17. The second-order valence-corrected chi connectivity index (χ2v) is 22.0. The Labute approximate surface area is 404 Å². The van der Waals surface area contributed by atoms with Crippen LogP contribution in [0.4, 0.5) is 0 Å². The van der Waals surface area contributed by atoms with E-state index in [-0.39, 0.29) is 24.3 Å². The lowest BCUT2D eigenvalue weighted by molar-refractivity contribution is 0.465. The Morgan fingerprint density at radius 1 is 0.382 bits per heavy atom. The van der Waals surface area contributed by atoms with E-state index in [0.717, 1.165) is 46.0 Å². The minimum Gasteiger partial charge on any atom is -0.458 e. The number of para-hydroxylation sites is 4. The molecule has 0 fully saturated rings. The Morgan fingerprint density at radius 2 is 0.809 bits per heavy atom. The van der Waals surface area contributed by atoms with Gasteiger partial charge in [-0.1, -0.05) is 153 Å². The lowest BCUT2D eigenvalue weighted by Crippen LogP contribution is -2.62. The predicted octanol–water partition coefficient (Wildman–Crippen LogP) is 12.1. The smallest absolute Gasteiger partial charge is 0.253 e. The molecule has 0 radical (unpaired) electrons. The molecule has 9 aromatic rings. The molecule has 0 atom stereocenters. The summed E-state index contributed by atoms with van der Waals surface area (Å²) in [4.78, 5) is 5.10. The number of hydrogen-bond donors (Lipinski definition) is 0. The fourth-order valence-corrected chi connectivity index (χ4v) is 14.8. The molecule has 0 aromatic heterocycles. The first kappa shape index (κ1) is 39.0. The van der Waals surface area contributed by atoms with Crippen LogP contribution in [-0.2, 0) is 10.8 Å². The quantitative estimate of drug-likeness (QED) is 0.164. The van der Waals surface area contributed by atoms with Gasteiger partial charge in [0.05, 0.1) is 0 Å². The molecule has 4 nitrogen and oxygen atoms in total. The Morgan fingerprint density at radius 3 is 1.26 bits per heavy atom. The summed E-state index contributed by atoms with van der Waals surface area (Å²) in [5, 5.41) is 0. The van der Waals surface area contributed by atoms with Crippen molar-refractivity contribution in [2.75, 3.05) is 0 Å². The van der Waals surface area contributed by atoms with Crippen molar-refractivity contribution in [3.8, 4) is 68.2 Å². The van der Waals surface area contributed by atoms with Crippen LogP contribution in [-0.4, -0.2) is 13.4 Å². The fraction of sp³-hybridized carbons (Fsp3) is 0.100. The van der Waals surface area contributed by atoms with Gasteiger partial charge in [-0.2, -0.15) is 0 Å². The van der Waals surface area contributed by atoms with Crippen molar-refractivity contribution < 1.29 is 18.9 Å². The zero-order chi connectivity index (χ0) is 45.2. The van der Waals surface area contributed by atoms with Crippen molar-refractivity contribution in [3.05, 3.63) is 192 Å². The maximum atomic E-state index is 7.20. The van der Waals surface area contributed by atoms with E-state index in [9.17, 15) is 0 Å². The molecular formula is C60H40B2O4S2. The van der Waals surface area contributed by atoms with E-state index in [0.29, 0.717) is 0 Å². The number of benzene rings is 9. The standard InChI is InChI=1S/C60H40B2O4S2/c1-59(2)41-27-35(63-33-15-7-5-8-16-33)23-25-37(41)39-29-51-55-57(53(39)59)65-47-21-13-11-19-43(47)61(55)45-31-46-50(32-49(45)67-51)68-52-30-40-38-26-24-36(64-34-17-9-6-10-18-34)28-42(38)60(3,4)54(40)58-56(52)62(46)44-20-12-14-22-48(44)66-58/h5-32H,1-4H3. The van der Waals surface area contributed by atoms with Crippen LogP contribution in [0, 0.1) is 0 Å². The highest BCUT2D eigenvalue weighted by molar-refractivity contribution is 8.01. The minimum atomic E-state index is -0.338. The van der Waals surface area contributed by atoms with E-state index < -0.39 is 0 Å². The molecule has 0 N–H and O–H groups in total. The molecule has 0 unspecified atom stereocenters. The fourth-order valence-electron chi connectivity index (χ4n) is 12.4. The van der Waals surface area contributed by atoms with Crippen molar-refractivity contribution in [3.63, 3.8) is 0 Å². The first-order valence-electron chi connectivity index (χ1n) is 23.4. The summed E-state index contributed by atoms with van der Waals surface area (Å²) in [6.45, 7) is 9.36. The van der Waals surface area contributed by atoms with Crippen LogP contribution in [0.1, 0.15) is 49.9 Å². The van der Waals surface area contributed by atoms with Crippen LogP contribution in [0.2, 0.25) is 0 Å². The summed E-state index contributed by atoms with van der Waals surface area (Å²) in [6, 6.07) is 60.6. The monoisotopic (exact) mass is 910 g/mol. The summed E-state index contributed by atoms with van der Waals surface area (Å²) < 4.78 is 27.2. The van der Waals surface area contributed by atoms with Crippen LogP contribution >= 0.6 is 23.5 Å². The first-order valence-corrected chi connectivity index (χ1v) is 25.1. The Kier molecular flexibility index (Phi) is 7.93. The van der Waals surface area contributed by atoms with E-state index in [2.05, 4.69) is 137 Å². The van der Waals surface area contributed by atoms with Crippen LogP contribution in [0.5, 0.6) is 46.0 Å². The third kappa shape index (κ3) is 5.33. The SMILES string of the molecule is CC1(C)c2cc(Oc3ccccc3)ccc2-c2cc3c4c(c21)Oc1ccccc1B4c1cc2c(cc1S3)Sc1cc3c(c4c1B2c1ccccc1O4)C(C)(C)c1cc(Oc2ccccc2)ccc1-3. The van der Waals surface area contributed by atoms with Crippen LogP contribution in [0.3, 0.4) is 0 Å². The van der Waals surface area contributed by atoms with Crippen molar-refractivity contribution in [2.24, 2.45) is 0 Å². The summed E-state index contributed by atoms with van der Waals surface area (Å²) in [7, 11) is 0. The topological polar surface area (TPSA) is 36.9 Å². The second-order valence-electron chi connectivity index (χ2n) is 19.9. The maximum Gasteiger partial charge on any atom is 0.253 e. The van der Waals surface area contributed by atoms with Gasteiger partial charge in [-0.3, -0.25) is 0 Å². The Hall–Kier alpha value is -6.99. The molecular weight excluding hydrogens is 870 g/mol. The van der Waals surface area contributed by atoms with E-state index in [1.807, 2.05) is 84.2 Å². The molecule has 0 bridgehead atoms. The maximum absolute atomic E-state index is 7.20. The first-order chi connectivity index (χ1) is 33.2. The molecule has 322 valence electrons. The molecule has 0 spiro atoms. The van der Waals surface area contributed by atoms with Crippen molar-refractivity contribution >= 4 is 69.7 Å². The van der Waals surface area contributed by atoms with Gasteiger partial charge in [0.15, 0.2) is 0 Å². The Balaban J connectivity index is 0.895. The predicted molar refractivity (Wildman–Crippen MR) is 278 cm³/mol. The highest BCUT2D eigenvalue weighted by Gasteiger charge is 2.50. The van der Waals surface area contributed by atoms with Gasteiger partial charge in [0.1, 0.15) is 46.0 Å².